The average Bonchev–Trinajstić information content (AvgIpc) is 2.71. The normalized spacial score (nSPS) is 12.1. The highest BCUT2D eigenvalue weighted by molar-refractivity contribution is 6.02. The average molecular weight is 401 g/mol. The second-order valence-electron chi connectivity index (χ2n) is 7.21. The van der Waals surface area contributed by atoms with Crippen molar-refractivity contribution < 1.29 is 29.3 Å². The lowest BCUT2D eigenvalue weighted by molar-refractivity contribution is 0.00857. The van der Waals surface area contributed by atoms with Gasteiger partial charge in [-0.25, -0.2) is 4.79 Å². The summed E-state index contributed by atoms with van der Waals surface area (Å²) in [4.78, 5) is 24.7. The van der Waals surface area contributed by atoms with E-state index in [0.717, 1.165) is 0 Å². The van der Waals surface area contributed by atoms with Gasteiger partial charge in [-0.1, -0.05) is 44.2 Å². The van der Waals surface area contributed by atoms with Gasteiger partial charge in [0.15, 0.2) is 0 Å². The fraction of sp³-hybridized carbons (Fsp3) is 0.364. The van der Waals surface area contributed by atoms with E-state index in [2.05, 4.69) is 5.32 Å². The molecule has 3 N–H and O–H groups in total. The summed E-state index contributed by atoms with van der Waals surface area (Å²) >= 11 is 0. The Bertz CT molecular complexity index is 806. The molecule has 0 aliphatic carbocycles. The van der Waals surface area contributed by atoms with Crippen LogP contribution in [0.1, 0.15) is 42.3 Å². The van der Waals surface area contributed by atoms with Crippen LogP contribution in [0.5, 0.6) is 5.75 Å². The summed E-state index contributed by atoms with van der Waals surface area (Å²) < 4.78 is 11.1. The first kappa shape index (κ1) is 22.4. The minimum Gasteiger partial charge on any atom is -0.491 e. The zero-order valence-corrected chi connectivity index (χ0v) is 16.6. The highest BCUT2D eigenvalue weighted by Crippen LogP contribution is 2.40. The Morgan fingerprint density at radius 3 is 2.41 bits per heavy atom. The Morgan fingerprint density at radius 1 is 1.03 bits per heavy atom. The number of nitrogens with one attached hydrogen (secondary N) is 1. The first-order valence-electron chi connectivity index (χ1n) is 9.39. The molecule has 0 radical (unpaired) electrons. The van der Waals surface area contributed by atoms with Crippen LogP contribution in [-0.4, -0.2) is 42.0 Å². The number of ether oxygens (including phenoxy) is 2. The summed E-state index contributed by atoms with van der Waals surface area (Å²) in [5, 5.41) is 20.6. The monoisotopic (exact) mass is 401 g/mol. The first-order valence-corrected chi connectivity index (χ1v) is 9.39. The van der Waals surface area contributed by atoms with Crippen molar-refractivity contribution in [3.63, 3.8) is 0 Å². The molecule has 0 heterocycles. The molecule has 0 saturated carbocycles. The SMILES string of the molecule is CC(C)(CCO)[C@@H](OC(=O)NC(=O)c1ccccc1)c1cccc(OCCO)c1. The predicted molar refractivity (Wildman–Crippen MR) is 108 cm³/mol. The van der Waals surface area contributed by atoms with Crippen LogP contribution in [0.4, 0.5) is 4.79 Å². The van der Waals surface area contributed by atoms with Gasteiger partial charge in [-0.05, 0) is 36.2 Å². The highest BCUT2D eigenvalue weighted by atomic mass is 16.6. The number of aliphatic hydroxyl groups excluding tert-OH is 2. The van der Waals surface area contributed by atoms with E-state index in [1.54, 1.807) is 54.6 Å². The standard InChI is InChI=1S/C22H27NO6/c1-22(2,11-12-24)19(17-9-6-10-18(15-17)28-14-13-25)29-21(27)23-20(26)16-7-4-3-5-8-16/h3-10,15,19,24-25H,11-14H2,1-2H3,(H,23,26,27)/t19-/m0/s1. The topological polar surface area (TPSA) is 105 Å². The molecule has 0 aromatic heterocycles. The maximum absolute atomic E-state index is 12.4. The Balaban J connectivity index is 2.20. The summed E-state index contributed by atoms with van der Waals surface area (Å²) in [6.45, 7) is 3.66. The molecule has 0 aliphatic rings. The molecule has 2 aromatic rings. The number of hydrogen-bond acceptors (Lipinski definition) is 6. The minimum atomic E-state index is -0.878. The quantitative estimate of drug-likeness (QED) is 0.596. The van der Waals surface area contributed by atoms with Crippen molar-refractivity contribution in [2.24, 2.45) is 5.41 Å². The molecule has 156 valence electrons. The molecule has 2 aromatic carbocycles. The summed E-state index contributed by atoms with van der Waals surface area (Å²) in [7, 11) is 0. The molecular weight excluding hydrogens is 374 g/mol. The van der Waals surface area contributed by atoms with Crippen molar-refractivity contribution in [2.45, 2.75) is 26.4 Å². The van der Waals surface area contributed by atoms with Crippen molar-refractivity contribution in [1.82, 2.24) is 5.32 Å². The number of imide groups is 1. The van der Waals surface area contributed by atoms with Crippen LogP contribution in [0.15, 0.2) is 54.6 Å². The van der Waals surface area contributed by atoms with E-state index in [4.69, 9.17) is 14.6 Å². The van der Waals surface area contributed by atoms with Gasteiger partial charge < -0.3 is 19.7 Å². The summed E-state index contributed by atoms with van der Waals surface area (Å²) in [6.07, 6.45) is -1.24. The van der Waals surface area contributed by atoms with E-state index in [1.165, 1.54) is 0 Å². The Kier molecular flexibility index (Phi) is 8.18. The first-order chi connectivity index (χ1) is 13.9. The maximum Gasteiger partial charge on any atom is 0.414 e. The molecule has 0 spiro atoms. The second kappa shape index (κ2) is 10.6. The number of amides is 2. The highest BCUT2D eigenvalue weighted by Gasteiger charge is 2.34. The van der Waals surface area contributed by atoms with Crippen molar-refractivity contribution in [3.05, 3.63) is 65.7 Å². The number of carbonyl (C=O) groups is 2. The van der Waals surface area contributed by atoms with Gasteiger partial charge >= 0.3 is 6.09 Å². The number of rotatable bonds is 9. The summed E-state index contributed by atoms with van der Waals surface area (Å²) in [6, 6.07) is 15.3. The Morgan fingerprint density at radius 2 is 1.76 bits per heavy atom. The molecule has 2 rings (SSSR count). The van der Waals surface area contributed by atoms with Crippen molar-refractivity contribution in [3.8, 4) is 5.75 Å². The van der Waals surface area contributed by atoms with Crippen LogP contribution in [0.25, 0.3) is 0 Å². The molecule has 7 nitrogen and oxygen atoms in total. The van der Waals surface area contributed by atoms with Gasteiger partial charge in [0.05, 0.1) is 6.61 Å². The molecule has 7 heteroatoms. The van der Waals surface area contributed by atoms with Gasteiger partial charge in [0, 0.05) is 17.6 Å². The van der Waals surface area contributed by atoms with Gasteiger partial charge in [-0.2, -0.15) is 0 Å². The van der Waals surface area contributed by atoms with E-state index >= 15 is 0 Å². The lowest BCUT2D eigenvalue weighted by Crippen LogP contribution is -2.36. The molecular formula is C22H27NO6. The zero-order chi connectivity index (χ0) is 21.3. The second-order valence-corrected chi connectivity index (χ2v) is 7.21. The van der Waals surface area contributed by atoms with Crippen LogP contribution < -0.4 is 10.1 Å². The Labute approximate surface area is 170 Å². The van der Waals surface area contributed by atoms with Gasteiger partial charge in [-0.3, -0.25) is 10.1 Å². The lowest BCUT2D eigenvalue weighted by Gasteiger charge is -2.33. The number of alkyl carbamates (subject to hydrolysis) is 1. The van der Waals surface area contributed by atoms with Crippen LogP contribution in [0, 0.1) is 5.41 Å². The van der Waals surface area contributed by atoms with E-state index in [1.807, 2.05) is 13.8 Å². The van der Waals surface area contributed by atoms with Gasteiger partial charge in [0.25, 0.3) is 5.91 Å². The van der Waals surface area contributed by atoms with Crippen molar-refractivity contribution in [2.75, 3.05) is 19.8 Å². The molecule has 0 fully saturated rings. The number of aliphatic hydroxyl groups is 2. The number of hydrogen-bond donors (Lipinski definition) is 3. The predicted octanol–water partition coefficient (Wildman–Crippen LogP) is 3.07. The number of benzene rings is 2. The van der Waals surface area contributed by atoms with Crippen LogP contribution in [0.2, 0.25) is 0 Å². The lowest BCUT2D eigenvalue weighted by atomic mass is 9.80. The van der Waals surface area contributed by atoms with Crippen LogP contribution in [0.3, 0.4) is 0 Å². The smallest absolute Gasteiger partial charge is 0.414 e. The third-order valence-corrected chi connectivity index (χ3v) is 4.46. The molecule has 0 unspecified atom stereocenters. The maximum atomic E-state index is 12.4. The van der Waals surface area contributed by atoms with E-state index in [0.29, 0.717) is 23.3 Å². The molecule has 2 amide bonds. The largest absolute Gasteiger partial charge is 0.491 e. The van der Waals surface area contributed by atoms with Crippen molar-refractivity contribution in [1.29, 1.82) is 0 Å². The third-order valence-electron chi connectivity index (χ3n) is 4.46. The van der Waals surface area contributed by atoms with Crippen LogP contribution >= 0.6 is 0 Å². The fourth-order valence-electron chi connectivity index (χ4n) is 2.92. The van der Waals surface area contributed by atoms with E-state index in [9.17, 15) is 14.7 Å². The molecule has 29 heavy (non-hydrogen) atoms. The molecule has 0 aliphatic heterocycles. The molecule has 0 bridgehead atoms. The van der Waals surface area contributed by atoms with E-state index in [-0.39, 0.29) is 19.8 Å². The van der Waals surface area contributed by atoms with Crippen LogP contribution in [-0.2, 0) is 4.74 Å². The van der Waals surface area contributed by atoms with Crippen molar-refractivity contribution >= 4 is 12.0 Å². The summed E-state index contributed by atoms with van der Waals surface area (Å²) in [5.74, 6) is -0.0416. The van der Waals surface area contributed by atoms with Gasteiger partial charge in [0.1, 0.15) is 18.5 Å². The zero-order valence-electron chi connectivity index (χ0n) is 16.6. The Hall–Kier alpha value is -2.90. The molecule has 0 saturated heterocycles. The fourth-order valence-corrected chi connectivity index (χ4v) is 2.92. The third kappa shape index (κ3) is 6.58. The van der Waals surface area contributed by atoms with Gasteiger partial charge in [0.2, 0.25) is 0 Å². The van der Waals surface area contributed by atoms with Gasteiger partial charge in [-0.15, -0.1) is 0 Å². The van der Waals surface area contributed by atoms with E-state index < -0.39 is 23.5 Å². The minimum absolute atomic E-state index is 0.0852. The molecule has 1 atom stereocenters. The summed E-state index contributed by atoms with van der Waals surface area (Å²) in [5.41, 5.74) is 0.383. The number of carbonyl (C=O) groups excluding carboxylic acids is 2.